The molecule has 5 nitrogen and oxygen atoms in total. The number of H-pyrrole nitrogens is 1. The van der Waals surface area contributed by atoms with E-state index >= 15 is 0 Å². The fourth-order valence-corrected chi connectivity index (χ4v) is 4.53. The first-order valence-corrected chi connectivity index (χ1v) is 11.6. The Morgan fingerprint density at radius 1 is 1.14 bits per heavy atom. The first kappa shape index (κ1) is 21.3. The molecule has 2 aromatic carbocycles. The lowest BCUT2D eigenvalue weighted by atomic mass is 9.91. The second-order valence-electron chi connectivity index (χ2n) is 7.56. The molecule has 0 aliphatic heterocycles. The number of nitrogens with one attached hydrogen (secondary N) is 2. The maximum absolute atomic E-state index is 12.6. The molecule has 1 heterocycles. The number of aromatic amines is 1. The summed E-state index contributed by atoms with van der Waals surface area (Å²) >= 11 is 0. The molecule has 0 fully saturated rings. The van der Waals surface area contributed by atoms with Crippen LogP contribution in [0.15, 0.2) is 60.8 Å². The molecular weight excluding hydrogens is 382 g/mol. The number of para-hydroxylation sites is 1. The van der Waals surface area contributed by atoms with E-state index in [-0.39, 0.29) is 24.4 Å². The van der Waals surface area contributed by atoms with E-state index in [4.69, 9.17) is 0 Å². The maximum atomic E-state index is 12.6. The van der Waals surface area contributed by atoms with Crippen molar-refractivity contribution in [3.63, 3.8) is 0 Å². The average Bonchev–Trinajstić information content (AvgIpc) is 3.12. The molecule has 0 spiro atoms. The van der Waals surface area contributed by atoms with Crippen molar-refractivity contribution in [1.82, 2.24) is 15.2 Å². The van der Waals surface area contributed by atoms with Gasteiger partial charge in [-0.25, -0.2) is 0 Å². The molecule has 6 heteroatoms. The highest BCUT2D eigenvalue weighted by Crippen LogP contribution is 2.30. The van der Waals surface area contributed by atoms with Crippen molar-refractivity contribution in [2.24, 2.45) is 0 Å². The van der Waals surface area contributed by atoms with Crippen LogP contribution in [0.2, 0.25) is 0 Å². The van der Waals surface area contributed by atoms with E-state index in [1.165, 1.54) is 16.5 Å². The Kier molecular flexibility index (Phi) is 7.23. The Morgan fingerprint density at radius 2 is 1.83 bits per heavy atom. The van der Waals surface area contributed by atoms with Crippen LogP contribution in [0.25, 0.3) is 10.9 Å². The van der Waals surface area contributed by atoms with Crippen LogP contribution >= 0.6 is 0 Å². The van der Waals surface area contributed by atoms with Crippen molar-refractivity contribution in [3.8, 4) is 0 Å². The van der Waals surface area contributed by atoms with Crippen LogP contribution in [0.5, 0.6) is 0 Å². The molecule has 3 atom stereocenters. The number of rotatable bonds is 9. The number of amides is 1. The molecule has 0 saturated heterocycles. The molecule has 3 rings (SSSR count). The third kappa shape index (κ3) is 5.55. The number of carbonyl (C=O) groups is 1. The summed E-state index contributed by atoms with van der Waals surface area (Å²) in [5.41, 5.74) is 3.44. The summed E-state index contributed by atoms with van der Waals surface area (Å²) in [5, 5.41) is 4.28. The van der Waals surface area contributed by atoms with Crippen molar-refractivity contribution >= 4 is 27.6 Å². The van der Waals surface area contributed by atoms with E-state index in [1.807, 2.05) is 55.4 Å². The molecule has 3 aromatic rings. The zero-order valence-corrected chi connectivity index (χ0v) is 18.0. The molecule has 0 bridgehead atoms. The summed E-state index contributed by atoms with van der Waals surface area (Å²) < 4.78 is 11.4. The van der Waals surface area contributed by atoms with E-state index in [0.29, 0.717) is 12.3 Å². The number of fused-ring (bicyclic) bond motifs is 1. The van der Waals surface area contributed by atoms with Crippen molar-refractivity contribution in [2.45, 2.75) is 18.9 Å². The van der Waals surface area contributed by atoms with E-state index in [9.17, 15) is 9.00 Å². The van der Waals surface area contributed by atoms with Crippen LogP contribution in [0.1, 0.15) is 24.0 Å². The molecule has 1 aromatic heterocycles. The Labute approximate surface area is 175 Å². The Balaban J connectivity index is 1.73. The van der Waals surface area contributed by atoms with Crippen LogP contribution in [0.4, 0.5) is 0 Å². The minimum absolute atomic E-state index is 0.0259. The number of hydrogen-bond acceptors (Lipinski definition) is 3. The van der Waals surface area contributed by atoms with Gasteiger partial charge in [-0.2, -0.15) is 0 Å². The van der Waals surface area contributed by atoms with Gasteiger partial charge in [0.05, 0.1) is 6.54 Å². The molecule has 0 saturated carbocycles. The van der Waals surface area contributed by atoms with Crippen LogP contribution in [0.3, 0.4) is 0 Å². The van der Waals surface area contributed by atoms with Crippen LogP contribution in [0, 0.1) is 0 Å². The summed E-state index contributed by atoms with van der Waals surface area (Å²) in [7, 11) is 1.02. The van der Waals surface area contributed by atoms with Gasteiger partial charge in [0.25, 0.3) is 0 Å². The maximum Gasteiger partial charge on any atom is 0.234 e. The van der Waals surface area contributed by atoms with Gasteiger partial charge in [-0.1, -0.05) is 48.5 Å². The largest absolute Gasteiger partial charge is 0.361 e. The fourth-order valence-electron chi connectivity index (χ4n) is 3.60. The van der Waals surface area contributed by atoms with Gasteiger partial charge in [0.2, 0.25) is 5.91 Å². The monoisotopic (exact) mass is 411 g/mol. The van der Waals surface area contributed by atoms with E-state index in [1.54, 1.807) is 6.26 Å². The van der Waals surface area contributed by atoms with Crippen LogP contribution < -0.4 is 5.32 Å². The van der Waals surface area contributed by atoms with Gasteiger partial charge in [0.1, 0.15) is 0 Å². The van der Waals surface area contributed by atoms with Crippen molar-refractivity contribution in [3.05, 3.63) is 71.9 Å². The zero-order chi connectivity index (χ0) is 20.8. The van der Waals surface area contributed by atoms with Gasteiger partial charge in [-0.15, -0.1) is 0 Å². The molecule has 1 amide bonds. The van der Waals surface area contributed by atoms with Gasteiger partial charge >= 0.3 is 0 Å². The highest BCUT2D eigenvalue weighted by Gasteiger charge is 2.20. The molecule has 0 radical (unpaired) electrons. The van der Waals surface area contributed by atoms with Gasteiger partial charge in [0.15, 0.2) is 0 Å². The minimum atomic E-state index is -0.878. The van der Waals surface area contributed by atoms with Crippen molar-refractivity contribution < 1.29 is 9.00 Å². The second-order valence-corrected chi connectivity index (χ2v) is 9.04. The lowest BCUT2D eigenvalue weighted by molar-refractivity contribution is -0.122. The van der Waals surface area contributed by atoms with E-state index < -0.39 is 10.8 Å². The lowest BCUT2D eigenvalue weighted by Gasteiger charge is -2.24. The van der Waals surface area contributed by atoms with Crippen molar-refractivity contribution in [2.75, 3.05) is 32.1 Å². The lowest BCUT2D eigenvalue weighted by Crippen LogP contribution is -2.42. The summed E-state index contributed by atoms with van der Waals surface area (Å²) in [6.07, 6.45) is 3.73. The van der Waals surface area contributed by atoms with Gasteiger partial charge in [-0.05, 0) is 31.2 Å². The third-order valence-electron chi connectivity index (χ3n) is 5.32. The Bertz CT molecular complexity index is 970. The summed E-state index contributed by atoms with van der Waals surface area (Å²) in [4.78, 5) is 17.9. The topological polar surface area (TPSA) is 65.2 Å². The number of likely N-dealkylation sites (N-methyl/N-ethyl adjacent to an activating group) is 1. The second kappa shape index (κ2) is 9.85. The fraction of sp³-hybridized carbons (Fsp3) is 0.348. The molecule has 29 heavy (non-hydrogen) atoms. The molecular formula is C23H29N3O2S. The smallest absolute Gasteiger partial charge is 0.234 e. The number of benzene rings is 2. The van der Waals surface area contributed by atoms with Crippen LogP contribution in [-0.4, -0.2) is 58.2 Å². The van der Waals surface area contributed by atoms with Gasteiger partial charge in [0, 0.05) is 58.4 Å². The minimum Gasteiger partial charge on any atom is -0.361 e. The summed E-state index contributed by atoms with van der Waals surface area (Å²) in [6.45, 7) is 2.80. The molecule has 2 N–H and O–H groups in total. The van der Waals surface area contributed by atoms with E-state index in [2.05, 4.69) is 34.6 Å². The zero-order valence-electron chi connectivity index (χ0n) is 17.2. The molecule has 0 aliphatic rings. The Hall–Kier alpha value is -2.44. The third-order valence-corrected chi connectivity index (χ3v) is 6.28. The van der Waals surface area contributed by atoms with Gasteiger partial charge in [-0.3, -0.25) is 13.9 Å². The quantitative estimate of drug-likeness (QED) is 0.569. The number of carbonyl (C=O) groups excluding carboxylic acids is 1. The first-order valence-electron chi connectivity index (χ1n) is 9.83. The Morgan fingerprint density at radius 3 is 2.55 bits per heavy atom. The van der Waals surface area contributed by atoms with Gasteiger partial charge < -0.3 is 10.3 Å². The van der Waals surface area contributed by atoms with Crippen molar-refractivity contribution in [1.29, 1.82) is 0 Å². The number of aromatic nitrogens is 1. The van der Waals surface area contributed by atoms with E-state index in [0.717, 1.165) is 5.52 Å². The van der Waals surface area contributed by atoms with Crippen LogP contribution in [-0.2, 0) is 15.6 Å². The highest BCUT2D eigenvalue weighted by molar-refractivity contribution is 7.84. The molecule has 3 unspecified atom stereocenters. The predicted octanol–water partition coefficient (Wildman–Crippen LogP) is 3.11. The summed E-state index contributed by atoms with van der Waals surface area (Å²) in [5.74, 6) is 0.593. The average molecular weight is 412 g/mol. The molecule has 154 valence electrons. The standard InChI is InChI=1S/C23H29N3O2S/c1-17(16-29(3)28)26(2)15-23(27)25-13-20(18-9-5-4-6-10-18)21-14-24-22-12-8-7-11-19(21)22/h4-12,14,17,20,24H,13,15-16H2,1-3H3,(H,25,27). The predicted molar refractivity (Wildman–Crippen MR) is 121 cm³/mol. The highest BCUT2D eigenvalue weighted by atomic mass is 32.2. The summed E-state index contributed by atoms with van der Waals surface area (Å²) in [6, 6.07) is 18.6. The molecule has 0 aliphatic carbocycles. The SMILES string of the molecule is CC(CS(C)=O)N(C)CC(=O)NCC(c1ccccc1)c1c[nH]c2ccccc12. The normalized spacial score (nSPS) is 14.6. The first-order chi connectivity index (χ1) is 14.0. The number of nitrogens with zero attached hydrogens (tertiary/aromatic N) is 1. The number of hydrogen-bond donors (Lipinski definition) is 2.